The minimum atomic E-state index is -0.358. The number of ether oxygens (including phenoxy) is 1. The quantitative estimate of drug-likeness (QED) is 0.267. The number of carbonyl (C=O) groups is 1. The molecule has 3 aromatic carbocycles. The van der Waals surface area contributed by atoms with E-state index in [4.69, 9.17) is 9.15 Å². The average molecular weight is 475 g/mol. The molecule has 0 aliphatic heterocycles. The van der Waals surface area contributed by atoms with Crippen molar-refractivity contribution in [2.45, 2.75) is 0 Å². The van der Waals surface area contributed by atoms with Gasteiger partial charge in [-0.15, -0.1) is 0 Å². The Bertz CT molecular complexity index is 1170. The van der Waals surface area contributed by atoms with E-state index in [1.54, 1.807) is 6.07 Å². The zero-order chi connectivity index (χ0) is 21.5. The van der Waals surface area contributed by atoms with Gasteiger partial charge in [0.1, 0.15) is 17.3 Å². The summed E-state index contributed by atoms with van der Waals surface area (Å²) >= 11 is 3.41. The fraction of sp³-hybridized carbons (Fsp3) is 0.0400. The monoisotopic (exact) mass is 474 g/mol. The van der Waals surface area contributed by atoms with Crippen molar-refractivity contribution in [2.24, 2.45) is 5.10 Å². The lowest BCUT2D eigenvalue weighted by atomic mass is 10.1. The summed E-state index contributed by atoms with van der Waals surface area (Å²) in [7, 11) is 0. The Kier molecular flexibility index (Phi) is 6.59. The summed E-state index contributed by atoms with van der Waals surface area (Å²) < 4.78 is 12.2. The van der Waals surface area contributed by atoms with Crippen LogP contribution in [0, 0.1) is 0 Å². The first kappa shape index (κ1) is 20.6. The normalized spacial score (nSPS) is 10.9. The lowest BCUT2D eigenvalue weighted by molar-refractivity contribution is -0.123. The Morgan fingerprint density at radius 2 is 1.55 bits per heavy atom. The van der Waals surface area contributed by atoms with Gasteiger partial charge in [0, 0.05) is 10.0 Å². The number of hydrogen-bond acceptors (Lipinski definition) is 4. The largest absolute Gasteiger partial charge is 0.484 e. The fourth-order valence-electron chi connectivity index (χ4n) is 2.91. The highest BCUT2D eigenvalue weighted by atomic mass is 79.9. The Balaban J connectivity index is 1.26. The van der Waals surface area contributed by atoms with Gasteiger partial charge in [-0.1, -0.05) is 70.5 Å². The van der Waals surface area contributed by atoms with Gasteiger partial charge in [-0.3, -0.25) is 4.79 Å². The summed E-state index contributed by atoms with van der Waals surface area (Å²) in [6, 6.07) is 29.1. The topological polar surface area (TPSA) is 63.8 Å². The number of nitrogens with zero attached hydrogens (tertiary/aromatic N) is 1. The molecule has 4 rings (SSSR count). The first-order valence-corrected chi connectivity index (χ1v) is 10.4. The number of amides is 1. The fourth-order valence-corrected chi connectivity index (χ4v) is 3.18. The van der Waals surface area contributed by atoms with E-state index in [0.29, 0.717) is 11.5 Å². The molecule has 31 heavy (non-hydrogen) atoms. The van der Waals surface area contributed by atoms with E-state index in [1.165, 1.54) is 6.21 Å². The molecule has 0 spiro atoms. The Morgan fingerprint density at radius 3 is 2.29 bits per heavy atom. The minimum absolute atomic E-state index is 0.135. The van der Waals surface area contributed by atoms with E-state index < -0.39 is 0 Å². The van der Waals surface area contributed by atoms with Crippen molar-refractivity contribution in [2.75, 3.05) is 6.61 Å². The lowest BCUT2D eigenvalue weighted by Crippen LogP contribution is -2.24. The summed E-state index contributed by atoms with van der Waals surface area (Å²) in [6.07, 6.45) is 1.45. The summed E-state index contributed by atoms with van der Waals surface area (Å²) in [5.74, 6) is 1.52. The van der Waals surface area contributed by atoms with Gasteiger partial charge in [-0.25, -0.2) is 5.43 Å². The van der Waals surface area contributed by atoms with Gasteiger partial charge in [-0.2, -0.15) is 5.10 Å². The van der Waals surface area contributed by atoms with E-state index in [-0.39, 0.29) is 12.5 Å². The van der Waals surface area contributed by atoms with E-state index >= 15 is 0 Å². The highest BCUT2D eigenvalue weighted by Crippen LogP contribution is 2.24. The highest BCUT2D eigenvalue weighted by Gasteiger charge is 2.05. The summed E-state index contributed by atoms with van der Waals surface area (Å²) in [5.41, 5.74) is 5.60. The molecule has 6 heteroatoms. The molecule has 5 nitrogen and oxygen atoms in total. The van der Waals surface area contributed by atoms with Crippen LogP contribution in [0.4, 0.5) is 0 Å². The maximum atomic E-state index is 12.0. The van der Waals surface area contributed by atoms with Gasteiger partial charge in [-0.05, 0) is 47.5 Å². The number of carbonyl (C=O) groups excluding carboxylic acids is 1. The van der Waals surface area contributed by atoms with Crippen molar-refractivity contribution in [3.05, 3.63) is 101 Å². The van der Waals surface area contributed by atoms with Crippen LogP contribution in [0.15, 0.2) is 105 Å². The second-order valence-electron chi connectivity index (χ2n) is 6.68. The van der Waals surface area contributed by atoms with Crippen LogP contribution in [0.25, 0.3) is 22.5 Å². The molecular weight excluding hydrogens is 456 g/mol. The predicted molar refractivity (Wildman–Crippen MR) is 125 cm³/mol. The van der Waals surface area contributed by atoms with Crippen molar-refractivity contribution in [3.63, 3.8) is 0 Å². The molecule has 0 unspecified atom stereocenters. The maximum Gasteiger partial charge on any atom is 0.277 e. The zero-order valence-electron chi connectivity index (χ0n) is 16.5. The molecule has 0 saturated carbocycles. The number of nitrogens with one attached hydrogen (secondary N) is 1. The molecule has 1 amide bonds. The van der Waals surface area contributed by atoms with Crippen LogP contribution in [0.2, 0.25) is 0 Å². The molecule has 0 atom stereocenters. The van der Waals surface area contributed by atoms with E-state index in [2.05, 4.69) is 26.5 Å². The first-order chi connectivity index (χ1) is 15.2. The third kappa shape index (κ3) is 5.71. The van der Waals surface area contributed by atoms with Crippen LogP contribution in [-0.2, 0) is 4.79 Å². The van der Waals surface area contributed by atoms with Gasteiger partial charge in [0.05, 0.1) is 6.21 Å². The summed E-state index contributed by atoms with van der Waals surface area (Å²) in [6.45, 7) is -0.135. The van der Waals surface area contributed by atoms with Crippen LogP contribution >= 0.6 is 15.9 Å². The van der Waals surface area contributed by atoms with Crippen LogP contribution in [-0.4, -0.2) is 18.7 Å². The van der Waals surface area contributed by atoms with E-state index in [1.807, 2.05) is 84.9 Å². The molecule has 4 aromatic rings. The van der Waals surface area contributed by atoms with Gasteiger partial charge >= 0.3 is 0 Å². The smallest absolute Gasteiger partial charge is 0.277 e. The zero-order valence-corrected chi connectivity index (χ0v) is 18.1. The minimum Gasteiger partial charge on any atom is -0.484 e. The molecule has 1 aromatic heterocycles. The standard InChI is InChI=1S/C25H19BrN2O3/c26-21-10-6-20(7-11-21)24-15-14-23(31-24)16-27-28-25(29)17-30-22-12-8-19(9-13-22)18-4-2-1-3-5-18/h1-16H,17H2,(H,28,29)/b27-16+. The van der Waals surface area contributed by atoms with Crippen molar-refractivity contribution < 1.29 is 13.9 Å². The first-order valence-electron chi connectivity index (χ1n) is 9.63. The Labute approximate surface area is 188 Å². The number of furan rings is 1. The van der Waals surface area contributed by atoms with Crippen molar-refractivity contribution >= 4 is 28.1 Å². The van der Waals surface area contributed by atoms with Crippen molar-refractivity contribution in [1.29, 1.82) is 0 Å². The third-order valence-electron chi connectivity index (χ3n) is 4.47. The van der Waals surface area contributed by atoms with Crippen LogP contribution in [0.5, 0.6) is 5.75 Å². The predicted octanol–water partition coefficient (Wildman–Crippen LogP) is 5.91. The van der Waals surface area contributed by atoms with E-state index in [0.717, 1.165) is 26.9 Å². The van der Waals surface area contributed by atoms with Gasteiger partial charge in [0.15, 0.2) is 6.61 Å². The third-order valence-corrected chi connectivity index (χ3v) is 5.00. The molecule has 0 aliphatic carbocycles. The summed E-state index contributed by atoms with van der Waals surface area (Å²) in [5, 5.41) is 3.92. The molecule has 1 N–H and O–H groups in total. The Hall–Kier alpha value is -3.64. The number of rotatable bonds is 7. The molecule has 0 bridgehead atoms. The Morgan fingerprint density at radius 1 is 0.871 bits per heavy atom. The van der Waals surface area contributed by atoms with Gasteiger partial charge in [0.2, 0.25) is 0 Å². The lowest BCUT2D eigenvalue weighted by Gasteiger charge is -2.06. The molecule has 0 fully saturated rings. The molecule has 0 saturated heterocycles. The number of hydrazone groups is 1. The number of benzene rings is 3. The molecule has 154 valence electrons. The summed E-state index contributed by atoms with van der Waals surface area (Å²) in [4.78, 5) is 12.0. The van der Waals surface area contributed by atoms with Crippen LogP contribution in [0.3, 0.4) is 0 Å². The van der Waals surface area contributed by atoms with E-state index in [9.17, 15) is 4.79 Å². The van der Waals surface area contributed by atoms with Crippen molar-refractivity contribution in [3.8, 4) is 28.2 Å². The number of halogens is 1. The molecule has 1 heterocycles. The maximum absolute atomic E-state index is 12.0. The molecule has 0 aliphatic rings. The highest BCUT2D eigenvalue weighted by molar-refractivity contribution is 9.10. The number of hydrogen-bond donors (Lipinski definition) is 1. The van der Waals surface area contributed by atoms with Crippen molar-refractivity contribution in [1.82, 2.24) is 5.43 Å². The van der Waals surface area contributed by atoms with Gasteiger partial charge < -0.3 is 9.15 Å². The van der Waals surface area contributed by atoms with Crippen LogP contribution < -0.4 is 10.2 Å². The second kappa shape index (κ2) is 9.91. The van der Waals surface area contributed by atoms with Crippen LogP contribution in [0.1, 0.15) is 5.76 Å². The molecular formula is C25H19BrN2O3. The molecule has 0 radical (unpaired) electrons. The average Bonchev–Trinajstić information content (AvgIpc) is 3.28. The van der Waals surface area contributed by atoms with Gasteiger partial charge in [0.25, 0.3) is 5.91 Å². The second-order valence-corrected chi connectivity index (χ2v) is 7.60. The SMILES string of the molecule is O=C(COc1ccc(-c2ccccc2)cc1)N/N=C/c1ccc(-c2ccc(Br)cc2)o1.